The van der Waals surface area contributed by atoms with E-state index in [9.17, 15) is 4.79 Å². The number of carbonyl (C=O) groups is 1. The first-order chi connectivity index (χ1) is 13.2. The molecule has 0 spiro atoms. The van der Waals surface area contributed by atoms with Gasteiger partial charge >= 0.3 is 0 Å². The predicted octanol–water partition coefficient (Wildman–Crippen LogP) is 4.89. The van der Waals surface area contributed by atoms with Crippen molar-refractivity contribution in [2.24, 2.45) is 4.99 Å². The van der Waals surface area contributed by atoms with Crippen LogP contribution in [0.2, 0.25) is 0 Å². The van der Waals surface area contributed by atoms with Gasteiger partial charge in [-0.1, -0.05) is 0 Å². The number of amides is 1. The van der Waals surface area contributed by atoms with Crippen LogP contribution in [0.5, 0.6) is 0 Å². The molecular formula is C22H28N4OS. The highest BCUT2D eigenvalue weighted by atomic mass is 32.2. The first-order valence-corrected chi connectivity index (χ1v) is 10.4. The Labute approximate surface area is 171 Å². The van der Waals surface area contributed by atoms with Gasteiger partial charge in [-0.15, -0.1) is 0 Å². The molecule has 1 aliphatic rings. The van der Waals surface area contributed by atoms with Crippen molar-refractivity contribution in [1.82, 2.24) is 14.5 Å². The Morgan fingerprint density at radius 3 is 2.46 bits per heavy atom. The van der Waals surface area contributed by atoms with Crippen molar-refractivity contribution < 1.29 is 4.79 Å². The molecule has 1 saturated heterocycles. The number of pyridine rings is 1. The Kier molecular flexibility index (Phi) is 5.79. The fourth-order valence-electron chi connectivity index (χ4n) is 3.32. The molecule has 148 valence electrons. The third kappa shape index (κ3) is 3.92. The molecule has 0 aliphatic carbocycles. The van der Waals surface area contributed by atoms with Crippen LogP contribution >= 0.6 is 11.8 Å². The number of aliphatic imine (C=N–C) groups is 1. The number of hydrogen-bond donors (Lipinski definition) is 0. The average molecular weight is 397 g/mol. The molecule has 3 rings (SSSR count). The third-order valence-corrected chi connectivity index (χ3v) is 5.61. The summed E-state index contributed by atoms with van der Waals surface area (Å²) in [5.41, 5.74) is 4.36. The lowest BCUT2D eigenvalue weighted by molar-refractivity contribution is -0.123. The van der Waals surface area contributed by atoms with E-state index in [1.807, 2.05) is 46.0 Å². The second kappa shape index (κ2) is 7.95. The van der Waals surface area contributed by atoms with E-state index in [0.29, 0.717) is 4.91 Å². The van der Waals surface area contributed by atoms with Gasteiger partial charge in [0.2, 0.25) is 0 Å². The molecule has 2 aromatic rings. The maximum Gasteiger partial charge on any atom is 0.266 e. The summed E-state index contributed by atoms with van der Waals surface area (Å²) in [4.78, 5) is 24.7. The van der Waals surface area contributed by atoms with E-state index < -0.39 is 0 Å². The highest BCUT2D eigenvalue weighted by molar-refractivity contribution is 8.18. The van der Waals surface area contributed by atoms with Crippen LogP contribution in [0, 0.1) is 20.8 Å². The summed E-state index contributed by atoms with van der Waals surface area (Å²) in [6.45, 7) is 14.3. The first kappa shape index (κ1) is 20.4. The molecule has 3 heterocycles. The summed E-state index contributed by atoms with van der Waals surface area (Å²) in [6.07, 6.45) is 3.81. The molecule has 0 unspecified atom stereocenters. The second-order valence-corrected chi connectivity index (χ2v) is 8.75. The molecular weight excluding hydrogens is 368 g/mol. The van der Waals surface area contributed by atoms with Crippen LogP contribution in [0.15, 0.2) is 34.3 Å². The molecule has 1 fully saturated rings. The normalized spacial score (nSPS) is 17.8. The van der Waals surface area contributed by atoms with Crippen LogP contribution in [-0.2, 0) is 4.79 Å². The maximum absolute atomic E-state index is 13.0. The zero-order chi connectivity index (χ0) is 20.6. The van der Waals surface area contributed by atoms with Gasteiger partial charge < -0.3 is 4.57 Å². The van der Waals surface area contributed by atoms with Crippen molar-refractivity contribution in [1.29, 1.82) is 0 Å². The zero-order valence-electron chi connectivity index (χ0n) is 17.6. The minimum Gasteiger partial charge on any atom is -0.303 e. The van der Waals surface area contributed by atoms with Gasteiger partial charge in [-0.05, 0) is 95.6 Å². The van der Waals surface area contributed by atoms with Gasteiger partial charge in [-0.3, -0.25) is 14.7 Å². The predicted molar refractivity (Wildman–Crippen MR) is 118 cm³/mol. The van der Waals surface area contributed by atoms with Crippen molar-refractivity contribution in [3.63, 3.8) is 0 Å². The van der Waals surface area contributed by atoms with E-state index in [2.05, 4.69) is 47.4 Å². The topological polar surface area (TPSA) is 50.5 Å². The van der Waals surface area contributed by atoms with Gasteiger partial charge in [0.25, 0.3) is 5.91 Å². The molecule has 0 radical (unpaired) electrons. The maximum atomic E-state index is 13.0. The minimum atomic E-state index is 0.0258. The summed E-state index contributed by atoms with van der Waals surface area (Å²) in [7, 11) is 0. The van der Waals surface area contributed by atoms with Gasteiger partial charge in [0.05, 0.1) is 4.91 Å². The fourth-order valence-corrected chi connectivity index (χ4v) is 4.55. The molecule has 0 bridgehead atoms. The molecule has 2 aromatic heterocycles. The standard InChI is InChI=1S/C22H28N4OS/c1-13(2)24-22-25(14(3)4)21(27)19(28-22)12-18-11-16(6)26(17(18)7)20-10-15(5)8-9-23-20/h8-14H,1-7H3/b19-12+,24-22?. The van der Waals surface area contributed by atoms with Crippen LogP contribution < -0.4 is 0 Å². The van der Waals surface area contributed by atoms with Gasteiger partial charge in [0.1, 0.15) is 5.82 Å². The highest BCUT2D eigenvalue weighted by Crippen LogP contribution is 2.35. The number of aromatic nitrogens is 2. The van der Waals surface area contributed by atoms with E-state index in [4.69, 9.17) is 0 Å². The molecule has 5 nitrogen and oxygen atoms in total. The summed E-state index contributed by atoms with van der Waals surface area (Å²) in [5, 5.41) is 0.787. The molecule has 0 aromatic carbocycles. The molecule has 0 atom stereocenters. The highest BCUT2D eigenvalue weighted by Gasteiger charge is 2.35. The van der Waals surface area contributed by atoms with Crippen molar-refractivity contribution in [3.05, 3.63) is 51.8 Å². The first-order valence-electron chi connectivity index (χ1n) is 9.62. The third-order valence-electron chi connectivity index (χ3n) is 4.61. The van der Waals surface area contributed by atoms with Crippen molar-refractivity contribution in [3.8, 4) is 5.82 Å². The van der Waals surface area contributed by atoms with Gasteiger partial charge in [0, 0.05) is 29.7 Å². The summed E-state index contributed by atoms with van der Waals surface area (Å²) in [6, 6.07) is 6.39. The molecule has 0 N–H and O–H groups in total. The van der Waals surface area contributed by atoms with Crippen LogP contribution in [-0.4, -0.2) is 37.6 Å². The Bertz CT molecular complexity index is 969. The molecule has 1 aliphatic heterocycles. The zero-order valence-corrected chi connectivity index (χ0v) is 18.5. The number of rotatable bonds is 4. The van der Waals surface area contributed by atoms with Gasteiger partial charge in [-0.25, -0.2) is 4.98 Å². The van der Waals surface area contributed by atoms with Crippen molar-refractivity contribution in [2.45, 2.75) is 60.5 Å². The van der Waals surface area contributed by atoms with Crippen molar-refractivity contribution in [2.75, 3.05) is 0 Å². The van der Waals surface area contributed by atoms with Crippen LogP contribution in [0.25, 0.3) is 11.9 Å². The number of aryl methyl sites for hydroxylation is 2. The Hall–Kier alpha value is -2.34. The lowest BCUT2D eigenvalue weighted by Gasteiger charge is -2.20. The molecule has 28 heavy (non-hydrogen) atoms. The largest absolute Gasteiger partial charge is 0.303 e. The number of nitrogens with zero attached hydrogens (tertiary/aromatic N) is 4. The lowest BCUT2D eigenvalue weighted by atomic mass is 10.2. The number of thioether (sulfide) groups is 1. The number of carbonyl (C=O) groups excluding carboxylic acids is 1. The van der Waals surface area contributed by atoms with Crippen LogP contribution in [0.1, 0.15) is 50.2 Å². The van der Waals surface area contributed by atoms with E-state index in [0.717, 1.165) is 27.9 Å². The van der Waals surface area contributed by atoms with E-state index >= 15 is 0 Å². The average Bonchev–Trinajstić information content (AvgIpc) is 3.03. The molecule has 1 amide bonds. The summed E-state index contributed by atoms with van der Waals surface area (Å²) < 4.78 is 2.13. The van der Waals surface area contributed by atoms with E-state index in [-0.39, 0.29) is 18.0 Å². The smallest absolute Gasteiger partial charge is 0.266 e. The number of amidine groups is 1. The number of hydrogen-bond acceptors (Lipinski definition) is 4. The molecule has 0 saturated carbocycles. The minimum absolute atomic E-state index is 0.0258. The SMILES string of the molecule is Cc1ccnc(-n2c(C)cc(/C=C3/SC(=NC(C)C)N(C(C)C)C3=O)c2C)c1. The van der Waals surface area contributed by atoms with Gasteiger partial charge in [0.15, 0.2) is 5.17 Å². The molecule has 6 heteroatoms. The summed E-state index contributed by atoms with van der Waals surface area (Å²) in [5.74, 6) is 0.925. The Morgan fingerprint density at radius 2 is 1.86 bits per heavy atom. The van der Waals surface area contributed by atoms with Crippen molar-refractivity contribution >= 4 is 28.9 Å². The van der Waals surface area contributed by atoms with Gasteiger partial charge in [-0.2, -0.15) is 0 Å². The van der Waals surface area contributed by atoms with Crippen LogP contribution in [0.4, 0.5) is 0 Å². The Balaban J connectivity index is 2.03. The lowest BCUT2D eigenvalue weighted by Crippen LogP contribution is -2.35. The second-order valence-electron chi connectivity index (χ2n) is 7.74. The van der Waals surface area contributed by atoms with E-state index in [1.54, 1.807) is 4.90 Å². The Morgan fingerprint density at radius 1 is 1.14 bits per heavy atom. The fraction of sp³-hybridized carbons (Fsp3) is 0.409. The summed E-state index contributed by atoms with van der Waals surface area (Å²) >= 11 is 1.46. The van der Waals surface area contributed by atoms with Crippen LogP contribution in [0.3, 0.4) is 0 Å². The monoisotopic (exact) mass is 396 g/mol. The van der Waals surface area contributed by atoms with E-state index in [1.165, 1.54) is 17.3 Å². The quantitative estimate of drug-likeness (QED) is 0.692.